The van der Waals surface area contributed by atoms with Crippen LogP contribution < -0.4 is 0 Å². The lowest BCUT2D eigenvalue weighted by Gasteiger charge is -2.25. The van der Waals surface area contributed by atoms with Gasteiger partial charge in [0.2, 0.25) is 0 Å². The monoisotopic (exact) mass is 332 g/mol. The minimum absolute atomic E-state index is 0.305. The summed E-state index contributed by atoms with van der Waals surface area (Å²) >= 11 is 3.46. The standard InChI is InChI=1S/C15H18BBrN2O/c1-16(20)19-8-2-3-15(19)14-9-12(10-18-14)11-4-6-13(17)7-5-11/h4-7,10,15,20H,2-3,8-9H2,1H3/t15-/m0/s1. The van der Waals surface area contributed by atoms with Gasteiger partial charge in [0.1, 0.15) is 0 Å². The summed E-state index contributed by atoms with van der Waals surface area (Å²) in [5, 5.41) is 9.85. The smallest absolute Gasteiger partial charge is 0.376 e. The molecule has 20 heavy (non-hydrogen) atoms. The van der Waals surface area contributed by atoms with E-state index < -0.39 is 0 Å². The minimum atomic E-state index is -0.387. The molecule has 2 aliphatic heterocycles. The van der Waals surface area contributed by atoms with Crippen LogP contribution in [0.4, 0.5) is 0 Å². The molecule has 0 aliphatic carbocycles. The predicted octanol–water partition coefficient (Wildman–Crippen LogP) is 3.21. The molecule has 0 bridgehead atoms. The summed E-state index contributed by atoms with van der Waals surface area (Å²) in [5.74, 6) is 0. The second-order valence-corrected chi connectivity index (χ2v) is 6.40. The van der Waals surface area contributed by atoms with Crippen molar-refractivity contribution in [3.8, 4) is 0 Å². The van der Waals surface area contributed by atoms with E-state index in [0.717, 1.165) is 30.3 Å². The Kier molecular flexibility index (Phi) is 4.10. The maximum atomic E-state index is 9.85. The normalized spacial score (nSPS) is 22.9. The Balaban J connectivity index is 1.70. The SMILES string of the molecule is CB(O)N1CCC[C@H]1C1=NC=C(c2ccc(Br)cc2)C1. The molecule has 5 heteroatoms. The minimum Gasteiger partial charge on any atom is -0.437 e. The summed E-state index contributed by atoms with van der Waals surface area (Å²) in [6.45, 7) is 2.81. The highest BCUT2D eigenvalue weighted by Gasteiger charge is 2.34. The van der Waals surface area contributed by atoms with Gasteiger partial charge in [0.05, 0.1) is 0 Å². The molecule has 1 saturated heterocycles. The lowest BCUT2D eigenvalue weighted by atomic mass is 9.83. The molecule has 1 aromatic rings. The zero-order chi connectivity index (χ0) is 14.1. The highest BCUT2D eigenvalue weighted by atomic mass is 79.9. The Morgan fingerprint density at radius 3 is 2.80 bits per heavy atom. The molecule has 0 spiro atoms. The molecule has 1 N–H and O–H groups in total. The Morgan fingerprint density at radius 1 is 1.35 bits per heavy atom. The van der Waals surface area contributed by atoms with Crippen molar-refractivity contribution in [2.45, 2.75) is 32.1 Å². The molecule has 1 fully saturated rings. The van der Waals surface area contributed by atoms with Gasteiger partial charge in [-0.25, -0.2) is 0 Å². The Bertz CT molecular complexity index is 553. The fourth-order valence-electron chi connectivity index (χ4n) is 3.09. The highest BCUT2D eigenvalue weighted by molar-refractivity contribution is 9.10. The lowest BCUT2D eigenvalue weighted by molar-refractivity contribution is 0.393. The van der Waals surface area contributed by atoms with Crippen molar-refractivity contribution in [2.24, 2.45) is 4.99 Å². The molecule has 0 radical (unpaired) electrons. The zero-order valence-corrected chi connectivity index (χ0v) is 13.2. The largest absolute Gasteiger partial charge is 0.437 e. The maximum Gasteiger partial charge on any atom is 0.376 e. The van der Waals surface area contributed by atoms with E-state index in [1.165, 1.54) is 16.8 Å². The van der Waals surface area contributed by atoms with E-state index in [2.05, 4.69) is 50.0 Å². The average molecular weight is 333 g/mol. The molecule has 2 heterocycles. The number of hydrogen-bond donors (Lipinski definition) is 1. The topological polar surface area (TPSA) is 35.8 Å². The van der Waals surface area contributed by atoms with Crippen LogP contribution in [-0.4, -0.2) is 35.2 Å². The van der Waals surface area contributed by atoms with E-state index in [1.54, 1.807) is 0 Å². The molecule has 104 valence electrons. The van der Waals surface area contributed by atoms with Crippen LogP contribution in [0.2, 0.25) is 6.82 Å². The van der Waals surface area contributed by atoms with Crippen LogP contribution in [0.5, 0.6) is 0 Å². The fraction of sp³-hybridized carbons (Fsp3) is 0.400. The third-order valence-corrected chi connectivity index (χ3v) is 4.66. The summed E-state index contributed by atoms with van der Waals surface area (Å²) in [7, 11) is -0.387. The van der Waals surface area contributed by atoms with Crippen LogP contribution in [0.3, 0.4) is 0 Å². The maximum absolute atomic E-state index is 9.85. The molecule has 0 amide bonds. The van der Waals surface area contributed by atoms with E-state index >= 15 is 0 Å². The van der Waals surface area contributed by atoms with Crippen LogP contribution in [0.25, 0.3) is 5.57 Å². The molecule has 2 aliphatic rings. The number of aliphatic imine (C=N–C) groups is 1. The highest BCUT2D eigenvalue weighted by Crippen LogP contribution is 2.30. The summed E-state index contributed by atoms with van der Waals surface area (Å²) in [5.41, 5.74) is 3.69. The summed E-state index contributed by atoms with van der Waals surface area (Å²) < 4.78 is 1.09. The Labute approximate surface area is 128 Å². The number of nitrogens with zero attached hydrogens (tertiary/aromatic N) is 2. The predicted molar refractivity (Wildman–Crippen MR) is 87.7 cm³/mol. The number of hydrogen-bond acceptors (Lipinski definition) is 3. The first-order valence-electron chi connectivity index (χ1n) is 7.10. The number of benzene rings is 1. The van der Waals surface area contributed by atoms with Gasteiger partial charge in [-0.05, 0) is 49.5 Å². The summed E-state index contributed by atoms with van der Waals surface area (Å²) in [4.78, 5) is 6.77. The van der Waals surface area contributed by atoms with E-state index in [1.807, 2.05) is 13.0 Å². The van der Waals surface area contributed by atoms with Gasteiger partial charge in [-0.3, -0.25) is 4.99 Å². The van der Waals surface area contributed by atoms with Gasteiger partial charge < -0.3 is 9.83 Å². The average Bonchev–Trinajstić information content (AvgIpc) is 3.08. The Morgan fingerprint density at radius 2 is 2.10 bits per heavy atom. The third kappa shape index (κ3) is 2.75. The Hall–Kier alpha value is -0.905. The summed E-state index contributed by atoms with van der Waals surface area (Å²) in [6, 6.07) is 8.67. The zero-order valence-electron chi connectivity index (χ0n) is 11.6. The van der Waals surface area contributed by atoms with E-state index in [-0.39, 0.29) is 7.05 Å². The lowest BCUT2D eigenvalue weighted by Crippen LogP contribution is -2.44. The van der Waals surface area contributed by atoms with Crippen LogP contribution in [0.1, 0.15) is 24.8 Å². The molecule has 3 nitrogen and oxygen atoms in total. The van der Waals surface area contributed by atoms with Crippen molar-refractivity contribution in [2.75, 3.05) is 6.54 Å². The molecular weight excluding hydrogens is 315 g/mol. The quantitative estimate of drug-likeness (QED) is 0.863. The van der Waals surface area contributed by atoms with Crippen LogP contribution in [0.15, 0.2) is 39.9 Å². The van der Waals surface area contributed by atoms with Crippen molar-refractivity contribution < 1.29 is 5.02 Å². The van der Waals surface area contributed by atoms with Gasteiger partial charge in [-0.2, -0.15) is 0 Å². The number of rotatable bonds is 3. The van der Waals surface area contributed by atoms with Gasteiger partial charge >= 0.3 is 7.05 Å². The van der Waals surface area contributed by atoms with Crippen molar-refractivity contribution in [3.05, 3.63) is 40.5 Å². The summed E-state index contributed by atoms with van der Waals surface area (Å²) in [6.07, 6.45) is 5.13. The molecule has 0 saturated carbocycles. The van der Waals surface area contributed by atoms with E-state index in [4.69, 9.17) is 0 Å². The van der Waals surface area contributed by atoms with E-state index in [9.17, 15) is 5.02 Å². The van der Waals surface area contributed by atoms with Crippen molar-refractivity contribution in [1.29, 1.82) is 0 Å². The van der Waals surface area contributed by atoms with Crippen LogP contribution in [-0.2, 0) is 0 Å². The van der Waals surface area contributed by atoms with Crippen molar-refractivity contribution >= 4 is 34.3 Å². The molecule has 1 atom stereocenters. The van der Waals surface area contributed by atoms with Crippen LogP contribution >= 0.6 is 15.9 Å². The van der Waals surface area contributed by atoms with Crippen molar-refractivity contribution in [3.63, 3.8) is 0 Å². The van der Waals surface area contributed by atoms with Gasteiger partial charge in [-0.15, -0.1) is 0 Å². The van der Waals surface area contributed by atoms with Gasteiger partial charge in [0.25, 0.3) is 0 Å². The number of allylic oxidation sites excluding steroid dienone is 1. The number of halogens is 1. The van der Waals surface area contributed by atoms with Gasteiger partial charge in [-0.1, -0.05) is 28.1 Å². The second kappa shape index (κ2) is 5.84. The van der Waals surface area contributed by atoms with Crippen molar-refractivity contribution in [1.82, 2.24) is 4.81 Å². The molecule has 1 aromatic carbocycles. The molecular formula is C15H18BBrN2O. The first-order chi connectivity index (χ1) is 9.65. The van der Waals surface area contributed by atoms with Gasteiger partial charge in [0, 0.05) is 28.8 Å². The molecule has 0 unspecified atom stereocenters. The first-order valence-corrected chi connectivity index (χ1v) is 7.90. The van der Waals surface area contributed by atoms with Gasteiger partial charge in [0.15, 0.2) is 0 Å². The molecule has 0 aromatic heterocycles. The third-order valence-electron chi connectivity index (χ3n) is 4.13. The first kappa shape index (κ1) is 14.0. The molecule has 3 rings (SSSR count). The second-order valence-electron chi connectivity index (χ2n) is 5.49. The van der Waals surface area contributed by atoms with Crippen LogP contribution in [0, 0.1) is 0 Å². The fourth-order valence-corrected chi connectivity index (χ4v) is 3.35. The van der Waals surface area contributed by atoms with E-state index in [0.29, 0.717) is 6.04 Å².